The van der Waals surface area contributed by atoms with Crippen LogP contribution in [-0.4, -0.2) is 74.3 Å². The number of rotatable bonds is 9. The zero-order valence-corrected chi connectivity index (χ0v) is 20.5. The van der Waals surface area contributed by atoms with Crippen LogP contribution in [0.4, 0.5) is 0 Å². The second kappa shape index (κ2) is 12.7. The van der Waals surface area contributed by atoms with Crippen LogP contribution in [0.25, 0.3) is 0 Å². The summed E-state index contributed by atoms with van der Waals surface area (Å²) in [6.07, 6.45) is 2.70. The fourth-order valence-electron chi connectivity index (χ4n) is 3.86. The van der Waals surface area contributed by atoms with Gasteiger partial charge in [-0.25, -0.2) is 0 Å². The minimum atomic E-state index is 0. The Kier molecular flexibility index (Phi) is 10.7. The summed E-state index contributed by atoms with van der Waals surface area (Å²) in [4.78, 5) is 9.46. The fourth-order valence-corrected chi connectivity index (χ4v) is 3.86. The number of hydrogen-bond donors (Lipinski definition) is 2. The predicted molar refractivity (Wildman–Crippen MR) is 131 cm³/mol. The molecule has 2 aliphatic rings. The Bertz CT molecular complexity index is 627. The molecule has 3 rings (SSSR count). The molecule has 2 N–H and O–H groups in total. The van der Waals surface area contributed by atoms with Gasteiger partial charge < -0.3 is 15.4 Å². The van der Waals surface area contributed by atoms with E-state index >= 15 is 0 Å². The molecule has 1 aromatic rings. The van der Waals surface area contributed by atoms with E-state index in [1.807, 2.05) is 7.05 Å². The second-order valence-electron chi connectivity index (χ2n) is 8.07. The maximum absolute atomic E-state index is 5.47. The summed E-state index contributed by atoms with van der Waals surface area (Å²) in [7, 11) is 1.84. The van der Waals surface area contributed by atoms with Crippen molar-refractivity contribution in [2.45, 2.75) is 51.9 Å². The molecule has 0 bridgehead atoms. The van der Waals surface area contributed by atoms with Crippen molar-refractivity contribution >= 4 is 29.9 Å². The topological polar surface area (TPSA) is 52.1 Å². The van der Waals surface area contributed by atoms with Crippen LogP contribution in [0.5, 0.6) is 0 Å². The molecule has 164 valence electrons. The van der Waals surface area contributed by atoms with Gasteiger partial charge in [0.1, 0.15) is 0 Å². The molecule has 1 aliphatic heterocycles. The highest BCUT2D eigenvalue weighted by Crippen LogP contribution is 2.27. The van der Waals surface area contributed by atoms with Gasteiger partial charge in [0.05, 0.1) is 13.2 Å². The van der Waals surface area contributed by atoms with E-state index in [4.69, 9.17) is 4.74 Å². The fraction of sp³-hybridized carbons (Fsp3) is 0.682. The van der Waals surface area contributed by atoms with Crippen molar-refractivity contribution in [2.24, 2.45) is 4.99 Å². The number of ether oxygens (including phenoxy) is 1. The van der Waals surface area contributed by atoms with E-state index in [0.29, 0.717) is 6.04 Å². The van der Waals surface area contributed by atoms with Crippen LogP contribution >= 0.6 is 24.0 Å². The molecule has 6 nitrogen and oxygen atoms in total. The Morgan fingerprint density at radius 3 is 2.48 bits per heavy atom. The van der Waals surface area contributed by atoms with Gasteiger partial charge in [-0.3, -0.25) is 14.8 Å². The first-order valence-corrected chi connectivity index (χ1v) is 10.7. The lowest BCUT2D eigenvalue weighted by Gasteiger charge is -2.27. The first kappa shape index (κ1) is 24.4. The van der Waals surface area contributed by atoms with E-state index in [-0.39, 0.29) is 24.0 Å². The number of aliphatic imine (C=N–C) groups is 1. The van der Waals surface area contributed by atoms with Gasteiger partial charge in [-0.05, 0) is 37.8 Å². The summed E-state index contributed by atoms with van der Waals surface area (Å²) < 4.78 is 5.47. The normalized spacial score (nSPS) is 18.0. The average Bonchev–Trinajstić information content (AvgIpc) is 3.54. The zero-order chi connectivity index (χ0) is 19.8. The number of guanidine groups is 1. The number of morpholine rings is 1. The van der Waals surface area contributed by atoms with Crippen LogP contribution in [0.2, 0.25) is 0 Å². The molecule has 0 unspecified atom stereocenters. The number of nitrogens with zero attached hydrogens (tertiary/aromatic N) is 3. The lowest BCUT2D eigenvalue weighted by Crippen LogP contribution is -2.43. The van der Waals surface area contributed by atoms with Gasteiger partial charge in [0.25, 0.3) is 0 Å². The Morgan fingerprint density at radius 1 is 1.17 bits per heavy atom. The van der Waals surface area contributed by atoms with Gasteiger partial charge >= 0.3 is 0 Å². The van der Waals surface area contributed by atoms with Crippen molar-refractivity contribution in [3.63, 3.8) is 0 Å². The molecule has 1 aliphatic carbocycles. The minimum Gasteiger partial charge on any atom is -0.379 e. The zero-order valence-electron chi connectivity index (χ0n) is 18.2. The number of halogens is 1. The van der Waals surface area contributed by atoms with E-state index in [1.54, 1.807) is 0 Å². The molecule has 0 amide bonds. The monoisotopic (exact) mass is 515 g/mol. The van der Waals surface area contributed by atoms with Crippen LogP contribution in [0.15, 0.2) is 29.3 Å². The van der Waals surface area contributed by atoms with Gasteiger partial charge in [0, 0.05) is 58.4 Å². The van der Waals surface area contributed by atoms with Crippen molar-refractivity contribution in [3.05, 3.63) is 35.4 Å². The number of benzene rings is 1. The summed E-state index contributed by atoms with van der Waals surface area (Å²) in [5.74, 6) is 0.876. The van der Waals surface area contributed by atoms with Crippen LogP contribution in [0.1, 0.15) is 37.8 Å². The molecule has 0 spiro atoms. The van der Waals surface area contributed by atoms with Gasteiger partial charge in [-0.15, -0.1) is 24.0 Å². The van der Waals surface area contributed by atoms with Crippen LogP contribution in [0.3, 0.4) is 0 Å². The highest BCUT2D eigenvalue weighted by atomic mass is 127. The lowest BCUT2D eigenvalue weighted by molar-refractivity contribution is 0.0341. The summed E-state index contributed by atoms with van der Waals surface area (Å²) in [6, 6.07) is 10.1. The Balaban J connectivity index is 0.00000300. The van der Waals surface area contributed by atoms with Crippen molar-refractivity contribution in [2.75, 3.05) is 46.4 Å². The third-order valence-corrected chi connectivity index (χ3v) is 5.63. The van der Waals surface area contributed by atoms with E-state index in [1.165, 1.54) is 24.0 Å². The quantitative estimate of drug-likeness (QED) is 0.301. The molecule has 1 heterocycles. The minimum absolute atomic E-state index is 0. The maximum Gasteiger partial charge on any atom is 0.191 e. The second-order valence-corrected chi connectivity index (χ2v) is 8.07. The summed E-state index contributed by atoms with van der Waals surface area (Å²) in [6.45, 7) is 12.0. The molecule has 7 heteroatoms. The van der Waals surface area contributed by atoms with Crippen LogP contribution in [0, 0.1) is 0 Å². The van der Waals surface area contributed by atoms with Gasteiger partial charge in [-0.1, -0.05) is 24.3 Å². The molecule has 1 saturated heterocycles. The number of nitrogens with one attached hydrogen (secondary N) is 2. The smallest absolute Gasteiger partial charge is 0.191 e. The highest BCUT2D eigenvalue weighted by Gasteiger charge is 2.30. The molecular formula is C22H38IN5O. The Morgan fingerprint density at radius 2 is 1.86 bits per heavy atom. The Labute approximate surface area is 193 Å². The average molecular weight is 515 g/mol. The molecule has 1 saturated carbocycles. The first-order valence-electron chi connectivity index (χ1n) is 10.7. The maximum atomic E-state index is 5.47. The third-order valence-electron chi connectivity index (χ3n) is 5.63. The SMILES string of the molecule is CN=C(NCCN(C(C)C)C1CC1)NCc1ccccc1CN1CCOCC1.I. The lowest BCUT2D eigenvalue weighted by atomic mass is 10.1. The van der Waals surface area contributed by atoms with Crippen molar-refractivity contribution in [1.29, 1.82) is 0 Å². The Hall–Kier alpha value is -0.900. The molecule has 29 heavy (non-hydrogen) atoms. The van der Waals surface area contributed by atoms with Crippen LogP contribution in [-0.2, 0) is 17.8 Å². The third kappa shape index (κ3) is 8.03. The molecule has 0 radical (unpaired) electrons. The van der Waals surface area contributed by atoms with E-state index in [0.717, 1.165) is 64.5 Å². The number of hydrogen-bond acceptors (Lipinski definition) is 4. The molecule has 1 aromatic carbocycles. The van der Waals surface area contributed by atoms with E-state index in [9.17, 15) is 0 Å². The molecule has 2 fully saturated rings. The summed E-state index contributed by atoms with van der Waals surface area (Å²) in [5, 5.41) is 6.97. The van der Waals surface area contributed by atoms with E-state index < -0.39 is 0 Å². The summed E-state index contributed by atoms with van der Waals surface area (Å²) in [5.41, 5.74) is 2.71. The predicted octanol–water partition coefficient (Wildman–Crippen LogP) is 2.67. The van der Waals surface area contributed by atoms with Crippen LogP contribution < -0.4 is 10.6 Å². The summed E-state index contributed by atoms with van der Waals surface area (Å²) >= 11 is 0. The van der Waals surface area contributed by atoms with Crippen molar-refractivity contribution in [3.8, 4) is 0 Å². The molecular weight excluding hydrogens is 477 g/mol. The van der Waals surface area contributed by atoms with Gasteiger partial charge in [0.15, 0.2) is 5.96 Å². The van der Waals surface area contributed by atoms with Crippen molar-refractivity contribution in [1.82, 2.24) is 20.4 Å². The van der Waals surface area contributed by atoms with Crippen molar-refractivity contribution < 1.29 is 4.74 Å². The van der Waals surface area contributed by atoms with E-state index in [2.05, 4.69) is 63.5 Å². The molecule has 0 aromatic heterocycles. The highest BCUT2D eigenvalue weighted by molar-refractivity contribution is 14.0. The largest absolute Gasteiger partial charge is 0.379 e. The van der Waals surface area contributed by atoms with Gasteiger partial charge in [0.2, 0.25) is 0 Å². The first-order chi connectivity index (χ1) is 13.7. The van der Waals surface area contributed by atoms with Gasteiger partial charge in [-0.2, -0.15) is 0 Å². The standard InChI is InChI=1S/C22H37N5O.HI/c1-18(2)27(21-8-9-21)11-10-24-22(23-3)25-16-19-6-4-5-7-20(19)17-26-12-14-28-15-13-26;/h4-7,18,21H,8-17H2,1-3H3,(H2,23,24,25);1H. The molecule has 0 atom stereocenters.